The summed E-state index contributed by atoms with van der Waals surface area (Å²) in [5.74, 6) is 0.352. The van der Waals surface area contributed by atoms with E-state index in [1.165, 1.54) is 6.21 Å². The predicted octanol–water partition coefficient (Wildman–Crippen LogP) is 3.60. The fourth-order valence-electron chi connectivity index (χ4n) is 2.89. The monoisotopic (exact) mass is 404 g/mol. The van der Waals surface area contributed by atoms with E-state index in [4.69, 9.17) is 10.1 Å². The van der Waals surface area contributed by atoms with Gasteiger partial charge in [0.05, 0.1) is 24.5 Å². The van der Waals surface area contributed by atoms with Crippen molar-refractivity contribution in [3.05, 3.63) is 83.8 Å². The molecule has 0 aliphatic carbocycles. The Balaban J connectivity index is 1.64. The third-order valence-electron chi connectivity index (χ3n) is 4.41. The van der Waals surface area contributed by atoms with Gasteiger partial charge in [0.1, 0.15) is 5.82 Å². The number of carbonyl (C=O) groups is 1. The highest BCUT2D eigenvalue weighted by molar-refractivity contribution is 5.92. The molecule has 8 nitrogen and oxygen atoms in total. The van der Waals surface area contributed by atoms with Crippen molar-refractivity contribution in [2.75, 3.05) is 24.4 Å². The third kappa shape index (κ3) is 5.86. The Hall–Kier alpha value is -3.78. The molecule has 0 bridgehead atoms. The second-order valence-corrected chi connectivity index (χ2v) is 6.53. The fourth-order valence-corrected chi connectivity index (χ4v) is 2.89. The van der Waals surface area contributed by atoms with Crippen LogP contribution in [-0.4, -0.2) is 35.9 Å². The number of pyridine rings is 2. The molecule has 2 aromatic heterocycles. The van der Waals surface area contributed by atoms with E-state index in [1.54, 1.807) is 31.8 Å². The average Bonchev–Trinajstić information content (AvgIpc) is 2.79. The summed E-state index contributed by atoms with van der Waals surface area (Å²) in [6.07, 6.45) is 6.27. The number of benzene rings is 1. The number of methoxy groups -OCH3 is 1. The first kappa shape index (κ1) is 20.9. The maximum absolute atomic E-state index is 12.5. The summed E-state index contributed by atoms with van der Waals surface area (Å²) in [6, 6.07) is 14.4. The van der Waals surface area contributed by atoms with Crippen molar-refractivity contribution in [1.82, 2.24) is 15.3 Å². The quantitative estimate of drug-likeness (QED) is 0.407. The predicted molar refractivity (Wildman–Crippen MR) is 117 cm³/mol. The van der Waals surface area contributed by atoms with Crippen LogP contribution in [0.1, 0.15) is 22.7 Å². The first-order valence-electron chi connectivity index (χ1n) is 9.44. The molecule has 0 saturated carbocycles. The topological polar surface area (TPSA) is 112 Å². The van der Waals surface area contributed by atoms with Gasteiger partial charge < -0.3 is 20.8 Å². The SMILES string of the molecule is COC[C@@H](NC(=O)Nc1cc(C=N)c(NCc2ccncc2)cn1)c1ccccc1. The summed E-state index contributed by atoms with van der Waals surface area (Å²) in [7, 11) is 1.59. The zero-order valence-corrected chi connectivity index (χ0v) is 16.6. The second kappa shape index (κ2) is 10.7. The van der Waals surface area contributed by atoms with E-state index < -0.39 is 6.03 Å². The van der Waals surface area contributed by atoms with E-state index in [1.807, 2.05) is 42.5 Å². The molecule has 0 radical (unpaired) electrons. The second-order valence-electron chi connectivity index (χ2n) is 6.53. The van der Waals surface area contributed by atoms with Crippen molar-refractivity contribution in [3.8, 4) is 0 Å². The molecule has 0 unspecified atom stereocenters. The lowest BCUT2D eigenvalue weighted by molar-refractivity contribution is 0.168. The molecule has 3 aromatic rings. The minimum absolute atomic E-state index is 0.292. The van der Waals surface area contributed by atoms with Crippen LogP contribution in [0.5, 0.6) is 0 Å². The number of rotatable bonds is 9. The lowest BCUT2D eigenvalue weighted by atomic mass is 10.1. The highest BCUT2D eigenvalue weighted by Crippen LogP contribution is 2.18. The number of nitrogens with zero attached hydrogens (tertiary/aromatic N) is 2. The van der Waals surface area contributed by atoms with Gasteiger partial charge in [-0.1, -0.05) is 30.3 Å². The number of hydrogen-bond acceptors (Lipinski definition) is 6. The van der Waals surface area contributed by atoms with Gasteiger partial charge in [-0.25, -0.2) is 9.78 Å². The molecular weight excluding hydrogens is 380 g/mol. The summed E-state index contributed by atoms with van der Waals surface area (Å²) >= 11 is 0. The van der Waals surface area contributed by atoms with E-state index >= 15 is 0 Å². The highest BCUT2D eigenvalue weighted by Gasteiger charge is 2.15. The number of ether oxygens (including phenoxy) is 1. The van der Waals surface area contributed by atoms with Crippen molar-refractivity contribution >= 4 is 23.8 Å². The Kier molecular flexibility index (Phi) is 7.45. The number of aromatic nitrogens is 2. The minimum Gasteiger partial charge on any atom is -0.382 e. The maximum Gasteiger partial charge on any atom is 0.320 e. The van der Waals surface area contributed by atoms with Crippen LogP contribution in [-0.2, 0) is 11.3 Å². The standard InChI is InChI=1S/C22H24N6O2/c1-30-15-20(17-5-3-2-4-6-17)27-22(29)28-21-11-18(12-23)19(14-26-21)25-13-16-7-9-24-10-8-16/h2-12,14,20,23,25H,13,15H2,1H3,(H2,26,27,28,29)/t20-/m1/s1. The summed E-state index contributed by atoms with van der Waals surface area (Å²) in [5, 5.41) is 16.5. The van der Waals surface area contributed by atoms with Crippen molar-refractivity contribution in [1.29, 1.82) is 5.41 Å². The van der Waals surface area contributed by atoms with Gasteiger partial charge in [-0.3, -0.25) is 10.3 Å². The zero-order valence-electron chi connectivity index (χ0n) is 16.6. The van der Waals surface area contributed by atoms with Gasteiger partial charge >= 0.3 is 6.03 Å². The van der Waals surface area contributed by atoms with Gasteiger partial charge in [0, 0.05) is 37.8 Å². The summed E-state index contributed by atoms with van der Waals surface area (Å²) in [5.41, 5.74) is 3.33. The van der Waals surface area contributed by atoms with Crippen LogP contribution >= 0.6 is 0 Å². The van der Waals surface area contributed by atoms with Crippen LogP contribution < -0.4 is 16.0 Å². The number of nitrogens with one attached hydrogen (secondary N) is 4. The molecule has 154 valence electrons. The molecule has 0 aliphatic heterocycles. The lowest BCUT2D eigenvalue weighted by Crippen LogP contribution is -2.35. The van der Waals surface area contributed by atoms with Gasteiger partial charge in [0.25, 0.3) is 0 Å². The largest absolute Gasteiger partial charge is 0.382 e. The van der Waals surface area contributed by atoms with Crippen LogP contribution in [0.2, 0.25) is 0 Å². The van der Waals surface area contributed by atoms with E-state index in [0.29, 0.717) is 30.2 Å². The molecule has 0 fully saturated rings. The number of carbonyl (C=O) groups excluding carboxylic acids is 1. The Bertz CT molecular complexity index is 966. The van der Waals surface area contributed by atoms with Gasteiger partial charge in [-0.2, -0.15) is 0 Å². The normalized spacial score (nSPS) is 11.4. The van der Waals surface area contributed by atoms with Crippen molar-refractivity contribution < 1.29 is 9.53 Å². The smallest absolute Gasteiger partial charge is 0.320 e. The van der Waals surface area contributed by atoms with Crippen molar-refractivity contribution in [2.45, 2.75) is 12.6 Å². The first-order valence-corrected chi connectivity index (χ1v) is 9.44. The van der Waals surface area contributed by atoms with Crippen LogP contribution in [0.3, 0.4) is 0 Å². The van der Waals surface area contributed by atoms with Crippen LogP contribution in [0.15, 0.2) is 67.1 Å². The fraction of sp³-hybridized carbons (Fsp3) is 0.182. The van der Waals surface area contributed by atoms with Crippen molar-refractivity contribution in [2.24, 2.45) is 0 Å². The van der Waals surface area contributed by atoms with Crippen LogP contribution in [0.25, 0.3) is 0 Å². The van der Waals surface area contributed by atoms with Gasteiger partial charge in [-0.05, 0) is 29.3 Å². The molecule has 1 aromatic carbocycles. The van der Waals surface area contributed by atoms with Crippen molar-refractivity contribution in [3.63, 3.8) is 0 Å². The highest BCUT2D eigenvalue weighted by atomic mass is 16.5. The number of urea groups is 1. The Morgan fingerprint density at radius 2 is 1.97 bits per heavy atom. The zero-order chi connectivity index (χ0) is 21.2. The first-order chi connectivity index (χ1) is 14.7. The van der Waals surface area contributed by atoms with Crippen LogP contribution in [0.4, 0.5) is 16.3 Å². The molecule has 4 N–H and O–H groups in total. The van der Waals surface area contributed by atoms with Gasteiger partial charge in [0.15, 0.2) is 0 Å². The molecule has 0 spiro atoms. The van der Waals surface area contributed by atoms with E-state index in [-0.39, 0.29) is 6.04 Å². The van der Waals surface area contributed by atoms with E-state index in [2.05, 4.69) is 25.9 Å². The summed E-state index contributed by atoms with van der Waals surface area (Å²) < 4.78 is 5.23. The van der Waals surface area contributed by atoms with Gasteiger partial charge in [-0.15, -0.1) is 0 Å². The molecular formula is C22H24N6O2. The molecule has 2 amide bonds. The molecule has 8 heteroatoms. The minimum atomic E-state index is -0.401. The number of amides is 2. The van der Waals surface area contributed by atoms with Gasteiger partial charge in [0.2, 0.25) is 0 Å². The Labute approximate surface area is 175 Å². The maximum atomic E-state index is 12.5. The summed E-state index contributed by atoms with van der Waals surface area (Å²) in [4.78, 5) is 20.7. The Morgan fingerprint density at radius 3 is 2.67 bits per heavy atom. The third-order valence-corrected chi connectivity index (χ3v) is 4.41. The number of anilines is 2. The molecule has 30 heavy (non-hydrogen) atoms. The Morgan fingerprint density at radius 1 is 1.20 bits per heavy atom. The average molecular weight is 404 g/mol. The summed E-state index contributed by atoms with van der Waals surface area (Å²) in [6.45, 7) is 0.919. The molecule has 3 rings (SSSR count). The molecule has 1 atom stereocenters. The van der Waals surface area contributed by atoms with E-state index in [0.717, 1.165) is 11.1 Å². The van der Waals surface area contributed by atoms with E-state index in [9.17, 15) is 4.79 Å². The lowest BCUT2D eigenvalue weighted by Gasteiger charge is -2.19. The molecule has 0 saturated heterocycles. The number of hydrogen-bond donors (Lipinski definition) is 4. The molecule has 2 heterocycles. The van der Waals surface area contributed by atoms with Crippen LogP contribution in [0, 0.1) is 5.41 Å². The molecule has 0 aliphatic rings.